The van der Waals surface area contributed by atoms with Crippen molar-refractivity contribution in [2.75, 3.05) is 5.73 Å². The van der Waals surface area contributed by atoms with Crippen LogP contribution in [0.5, 0.6) is 0 Å². The van der Waals surface area contributed by atoms with Crippen LogP contribution in [-0.4, -0.2) is 5.91 Å². The van der Waals surface area contributed by atoms with E-state index in [-0.39, 0.29) is 17.4 Å². The minimum absolute atomic E-state index is 0.000335. The number of nitrogens with one attached hydrogen (secondary N) is 1. The quantitative estimate of drug-likeness (QED) is 0.802. The lowest BCUT2D eigenvalue weighted by molar-refractivity contribution is -0.121. The van der Waals surface area contributed by atoms with Crippen molar-refractivity contribution in [1.82, 2.24) is 5.32 Å². The maximum absolute atomic E-state index is 12.2. The van der Waals surface area contributed by atoms with Crippen LogP contribution in [0.1, 0.15) is 56.8 Å². The number of nitrogen functional groups attached to an aromatic ring is 1. The molecule has 1 amide bonds. The highest BCUT2D eigenvalue weighted by Gasteiger charge is 2.15. The monoisotopic (exact) mass is 324 g/mol. The summed E-state index contributed by atoms with van der Waals surface area (Å²) < 4.78 is 0. The number of para-hydroxylation sites is 1. The first-order chi connectivity index (χ1) is 11.3. The van der Waals surface area contributed by atoms with E-state index in [2.05, 4.69) is 50.4 Å². The summed E-state index contributed by atoms with van der Waals surface area (Å²) in [4.78, 5) is 12.2. The van der Waals surface area contributed by atoms with E-state index >= 15 is 0 Å². The first kappa shape index (κ1) is 18.1. The number of amides is 1. The van der Waals surface area contributed by atoms with Crippen LogP contribution >= 0.6 is 0 Å². The minimum atomic E-state index is -0.000335. The Morgan fingerprint density at radius 1 is 1.08 bits per heavy atom. The summed E-state index contributed by atoms with van der Waals surface area (Å²) in [7, 11) is 0. The zero-order valence-electron chi connectivity index (χ0n) is 15.1. The average molecular weight is 324 g/mol. The predicted molar refractivity (Wildman–Crippen MR) is 101 cm³/mol. The molecule has 0 fully saturated rings. The molecule has 1 unspecified atom stereocenters. The number of carbonyl (C=O) groups excluding carboxylic acids is 1. The summed E-state index contributed by atoms with van der Waals surface area (Å²) in [6.45, 7) is 8.61. The van der Waals surface area contributed by atoms with E-state index in [1.165, 1.54) is 5.56 Å². The zero-order valence-corrected chi connectivity index (χ0v) is 15.1. The molecule has 2 rings (SSSR count). The summed E-state index contributed by atoms with van der Waals surface area (Å²) in [5.74, 6) is 0.0469. The smallest absolute Gasteiger partial charge is 0.220 e. The molecule has 0 aliphatic heterocycles. The molecule has 3 heteroatoms. The largest absolute Gasteiger partial charge is 0.399 e. The molecule has 2 aromatic carbocycles. The van der Waals surface area contributed by atoms with Crippen molar-refractivity contribution >= 4 is 11.6 Å². The van der Waals surface area contributed by atoms with Gasteiger partial charge >= 0.3 is 0 Å². The van der Waals surface area contributed by atoms with Gasteiger partial charge in [0, 0.05) is 12.1 Å². The van der Waals surface area contributed by atoms with Gasteiger partial charge in [-0.25, -0.2) is 0 Å². The molecule has 0 aliphatic rings. The normalized spacial score (nSPS) is 12.7. The predicted octanol–water partition coefficient (Wildman–Crippen LogP) is 4.38. The SMILES string of the molecule is CC(NC(=O)CCc1ccccc1N)c1ccc(C(C)(C)C)cc1. The lowest BCUT2D eigenvalue weighted by Crippen LogP contribution is -2.27. The standard InChI is InChI=1S/C21H28N2O/c1-15(16-9-12-18(13-10-16)21(2,3)4)23-20(24)14-11-17-7-5-6-8-19(17)22/h5-10,12-13,15H,11,14,22H2,1-4H3,(H,23,24). The van der Waals surface area contributed by atoms with Crippen molar-refractivity contribution in [3.8, 4) is 0 Å². The molecular formula is C21H28N2O. The van der Waals surface area contributed by atoms with Gasteiger partial charge in [-0.15, -0.1) is 0 Å². The molecule has 1 atom stereocenters. The second kappa shape index (κ2) is 7.52. The van der Waals surface area contributed by atoms with E-state index in [0.717, 1.165) is 16.8 Å². The highest BCUT2D eigenvalue weighted by molar-refractivity contribution is 5.77. The van der Waals surface area contributed by atoms with E-state index in [1.54, 1.807) is 0 Å². The maximum atomic E-state index is 12.2. The van der Waals surface area contributed by atoms with Gasteiger partial charge in [0.15, 0.2) is 0 Å². The lowest BCUT2D eigenvalue weighted by Gasteiger charge is -2.20. The van der Waals surface area contributed by atoms with Gasteiger partial charge in [-0.3, -0.25) is 4.79 Å². The van der Waals surface area contributed by atoms with Crippen molar-refractivity contribution in [3.63, 3.8) is 0 Å². The number of hydrogen-bond acceptors (Lipinski definition) is 2. The summed E-state index contributed by atoms with van der Waals surface area (Å²) in [6, 6.07) is 16.2. The molecule has 0 spiro atoms. The fraction of sp³-hybridized carbons (Fsp3) is 0.381. The molecular weight excluding hydrogens is 296 g/mol. The molecule has 24 heavy (non-hydrogen) atoms. The Labute approximate surface area is 145 Å². The number of nitrogens with two attached hydrogens (primary N) is 1. The molecule has 0 aromatic heterocycles. The van der Waals surface area contributed by atoms with Gasteiger partial charge in [0.25, 0.3) is 0 Å². The zero-order chi connectivity index (χ0) is 17.7. The molecule has 0 radical (unpaired) electrons. The van der Waals surface area contributed by atoms with Crippen LogP contribution in [0.25, 0.3) is 0 Å². The summed E-state index contributed by atoms with van der Waals surface area (Å²) in [5.41, 5.74) is 10.2. The number of carbonyl (C=O) groups is 1. The first-order valence-corrected chi connectivity index (χ1v) is 8.50. The molecule has 3 N–H and O–H groups in total. The van der Waals surface area contributed by atoms with Crippen LogP contribution in [0.3, 0.4) is 0 Å². The molecule has 0 saturated carbocycles. The van der Waals surface area contributed by atoms with Crippen LogP contribution in [0.4, 0.5) is 5.69 Å². The number of anilines is 1. The third-order valence-corrected chi connectivity index (χ3v) is 4.33. The summed E-state index contributed by atoms with van der Waals surface area (Å²) >= 11 is 0. The van der Waals surface area contributed by atoms with Crippen molar-refractivity contribution in [2.24, 2.45) is 0 Å². The van der Waals surface area contributed by atoms with Crippen molar-refractivity contribution in [2.45, 2.75) is 52.0 Å². The third kappa shape index (κ3) is 4.85. The molecule has 0 bridgehead atoms. The lowest BCUT2D eigenvalue weighted by atomic mass is 9.86. The number of aryl methyl sites for hydroxylation is 1. The van der Waals surface area contributed by atoms with E-state index in [1.807, 2.05) is 31.2 Å². The van der Waals surface area contributed by atoms with Gasteiger partial charge in [0.05, 0.1) is 6.04 Å². The number of hydrogen-bond donors (Lipinski definition) is 2. The van der Waals surface area contributed by atoms with Crippen LogP contribution in [0, 0.1) is 0 Å². The molecule has 0 aliphatic carbocycles. The van der Waals surface area contributed by atoms with Crippen LogP contribution in [0.15, 0.2) is 48.5 Å². The Morgan fingerprint density at radius 3 is 2.29 bits per heavy atom. The molecule has 128 valence electrons. The third-order valence-electron chi connectivity index (χ3n) is 4.33. The van der Waals surface area contributed by atoms with Gasteiger partial charge < -0.3 is 11.1 Å². The van der Waals surface area contributed by atoms with E-state index in [0.29, 0.717) is 12.8 Å². The molecule has 0 heterocycles. The minimum Gasteiger partial charge on any atom is -0.399 e. The second-order valence-corrected chi connectivity index (χ2v) is 7.36. The van der Waals surface area contributed by atoms with E-state index in [4.69, 9.17) is 5.73 Å². The Bertz CT molecular complexity index is 684. The van der Waals surface area contributed by atoms with Crippen LogP contribution in [0.2, 0.25) is 0 Å². The maximum Gasteiger partial charge on any atom is 0.220 e. The summed E-state index contributed by atoms with van der Waals surface area (Å²) in [6.07, 6.45) is 1.10. The topological polar surface area (TPSA) is 55.1 Å². The van der Waals surface area contributed by atoms with Gasteiger partial charge in [-0.05, 0) is 41.5 Å². The molecule has 0 saturated heterocycles. The van der Waals surface area contributed by atoms with Crippen LogP contribution < -0.4 is 11.1 Å². The fourth-order valence-corrected chi connectivity index (χ4v) is 2.68. The van der Waals surface area contributed by atoms with Crippen molar-refractivity contribution < 1.29 is 4.79 Å². The van der Waals surface area contributed by atoms with Gasteiger partial charge in [-0.1, -0.05) is 63.2 Å². The Kier molecular flexibility index (Phi) is 5.66. The Morgan fingerprint density at radius 2 is 1.71 bits per heavy atom. The average Bonchev–Trinajstić information content (AvgIpc) is 2.53. The Hall–Kier alpha value is -2.29. The van der Waals surface area contributed by atoms with Gasteiger partial charge in [0.2, 0.25) is 5.91 Å². The summed E-state index contributed by atoms with van der Waals surface area (Å²) in [5, 5.41) is 3.06. The van der Waals surface area contributed by atoms with Crippen LogP contribution in [-0.2, 0) is 16.6 Å². The number of benzene rings is 2. The van der Waals surface area contributed by atoms with Gasteiger partial charge in [-0.2, -0.15) is 0 Å². The van der Waals surface area contributed by atoms with E-state index in [9.17, 15) is 4.79 Å². The van der Waals surface area contributed by atoms with Gasteiger partial charge in [0.1, 0.15) is 0 Å². The first-order valence-electron chi connectivity index (χ1n) is 8.50. The highest BCUT2D eigenvalue weighted by Crippen LogP contribution is 2.24. The molecule has 3 nitrogen and oxygen atoms in total. The highest BCUT2D eigenvalue weighted by atomic mass is 16.1. The Balaban J connectivity index is 1.90. The molecule has 2 aromatic rings. The second-order valence-electron chi connectivity index (χ2n) is 7.36. The number of rotatable bonds is 5. The fourth-order valence-electron chi connectivity index (χ4n) is 2.68. The van der Waals surface area contributed by atoms with E-state index < -0.39 is 0 Å². The van der Waals surface area contributed by atoms with Crippen molar-refractivity contribution in [1.29, 1.82) is 0 Å². The van der Waals surface area contributed by atoms with Crippen molar-refractivity contribution in [3.05, 3.63) is 65.2 Å².